The summed E-state index contributed by atoms with van der Waals surface area (Å²) in [6, 6.07) is 3.77. The van der Waals surface area contributed by atoms with Gasteiger partial charge in [0.15, 0.2) is 11.5 Å². The highest BCUT2D eigenvalue weighted by molar-refractivity contribution is 6.21. The largest absolute Gasteiger partial charge is 0.493 e. The van der Waals surface area contributed by atoms with Gasteiger partial charge in [0.1, 0.15) is 0 Å². The van der Waals surface area contributed by atoms with Crippen molar-refractivity contribution in [3.8, 4) is 17.2 Å². The highest BCUT2D eigenvalue weighted by Gasteiger charge is 2.25. The van der Waals surface area contributed by atoms with Gasteiger partial charge in [-0.05, 0) is 31.4 Å². The Balaban J connectivity index is 2.25. The topological polar surface area (TPSA) is 36.9 Å². The number of hydrogen-bond acceptors (Lipinski definition) is 4. The summed E-state index contributed by atoms with van der Waals surface area (Å²) in [5.74, 6) is 1.84. The van der Waals surface area contributed by atoms with Crippen LogP contribution in [-0.2, 0) is 4.74 Å². The summed E-state index contributed by atoms with van der Waals surface area (Å²) in [7, 11) is 4.80. The van der Waals surface area contributed by atoms with E-state index in [1.54, 1.807) is 21.3 Å². The van der Waals surface area contributed by atoms with Gasteiger partial charge in [-0.3, -0.25) is 0 Å². The Morgan fingerprint density at radius 2 is 1.95 bits per heavy atom. The van der Waals surface area contributed by atoms with Gasteiger partial charge in [0.05, 0.1) is 32.8 Å². The van der Waals surface area contributed by atoms with Gasteiger partial charge in [-0.25, -0.2) is 0 Å². The van der Waals surface area contributed by atoms with Crippen molar-refractivity contribution in [2.75, 3.05) is 27.9 Å². The van der Waals surface area contributed by atoms with E-state index in [1.165, 1.54) is 0 Å². The highest BCUT2D eigenvalue weighted by atomic mass is 35.5. The predicted octanol–water partition coefficient (Wildman–Crippen LogP) is 3.56. The zero-order chi connectivity index (χ0) is 14.5. The van der Waals surface area contributed by atoms with Crippen LogP contribution in [0.4, 0.5) is 0 Å². The molecule has 4 nitrogen and oxygen atoms in total. The van der Waals surface area contributed by atoms with E-state index in [1.807, 2.05) is 12.1 Å². The maximum atomic E-state index is 6.54. The van der Waals surface area contributed by atoms with Crippen LogP contribution in [0.15, 0.2) is 12.1 Å². The third-order valence-corrected chi connectivity index (χ3v) is 3.98. The Bertz CT molecular complexity index is 444. The molecule has 0 radical (unpaired) electrons. The summed E-state index contributed by atoms with van der Waals surface area (Å²) < 4.78 is 21.8. The van der Waals surface area contributed by atoms with Crippen LogP contribution in [0.25, 0.3) is 0 Å². The van der Waals surface area contributed by atoms with Gasteiger partial charge in [-0.15, -0.1) is 11.6 Å². The molecule has 20 heavy (non-hydrogen) atoms. The molecular formula is C15H21ClO4. The molecule has 0 bridgehead atoms. The molecule has 0 spiro atoms. The van der Waals surface area contributed by atoms with Crippen LogP contribution in [0.3, 0.4) is 0 Å². The van der Waals surface area contributed by atoms with Crippen molar-refractivity contribution < 1.29 is 18.9 Å². The molecule has 5 heteroatoms. The molecule has 0 aliphatic carbocycles. The Hall–Kier alpha value is -1.13. The van der Waals surface area contributed by atoms with Crippen molar-refractivity contribution in [2.24, 2.45) is 0 Å². The van der Waals surface area contributed by atoms with Crippen LogP contribution in [0.2, 0.25) is 0 Å². The number of ether oxygens (including phenoxy) is 4. The zero-order valence-electron chi connectivity index (χ0n) is 12.1. The Labute approximate surface area is 124 Å². The molecule has 1 saturated heterocycles. The first kappa shape index (κ1) is 15.3. The second-order valence-corrected chi connectivity index (χ2v) is 5.29. The maximum Gasteiger partial charge on any atom is 0.203 e. The molecule has 2 atom stereocenters. The molecule has 1 aliphatic heterocycles. The SMILES string of the molecule is COc1ccc(C(Cl)CC2CCCO2)c(OC)c1OC. The summed E-state index contributed by atoms with van der Waals surface area (Å²) in [6.45, 7) is 0.831. The van der Waals surface area contributed by atoms with Crippen molar-refractivity contribution in [3.05, 3.63) is 17.7 Å². The number of halogens is 1. The average molecular weight is 301 g/mol. The summed E-state index contributed by atoms with van der Waals surface area (Å²) in [5, 5.41) is -0.173. The van der Waals surface area contributed by atoms with Crippen LogP contribution < -0.4 is 14.2 Å². The van der Waals surface area contributed by atoms with Crippen molar-refractivity contribution >= 4 is 11.6 Å². The number of alkyl halides is 1. The lowest BCUT2D eigenvalue weighted by atomic mass is 10.0. The predicted molar refractivity (Wildman–Crippen MR) is 78.3 cm³/mol. The molecule has 1 fully saturated rings. The van der Waals surface area contributed by atoms with E-state index < -0.39 is 0 Å². The summed E-state index contributed by atoms with van der Waals surface area (Å²) in [6.07, 6.45) is 3.18. The van der Waals surface area contributed by atoms with Gasteiger partial charge in [0.2, 0.25) is 5.75 Å². The average Bonchev–Trinajstić information content (AvgIpc) is 2.98. The molecule has 112 valence electrons. The molecule has 2 unspecified atom stereocenters. The van der Waals surface area contributed by atoms with E-state index in [2.05, 4.69) is 0 Å². The van der Waals surface area contributed by atoms with Crippen LogP contribution in [0.1, 0.15) is 30.2 Å². The van der Waals surface area contributed by atoms with E-state index in [-0.39, 0.29) is 11.5 Å². The van der Waals surface area contributed by atoms with Crippen LogP contribution >= 0.6 is 11.6 Å². The fourth-order valence-electron chi connectivity index (χ4n) is 2.56. The van der Waals surface area contributed by atoms with Crippen LogP contribution in [0.5, 0.6) is 17.2 Å². The number of rotatable bonds is 6. The molecule has 2 rings (SSSR count). The molecule has 1 heterocycles. The minimum absolute atomic E-state index is 0.173. The first-order chi connectivity index (χ1) is 9.71. The smallest absolute Gasteiger partial charge is 0.203 e. The van der Waals surface area contributed by atoms with Crippen molar-refractivity contribution in [2.45, 2.75) is 30.7 Å². The van der Waals surface area contributed by atoms with Crippen LogP contribution in [0, 0.1) is 0 Å². The zero-order valence-corrected chi connectivity index (χ0v) is 12.9. The van der Waals surface area contributed by atoms with Crippen molar-refractivity contribution in [1.29, 1.82) is 0 Å². The van der Waals surface area contributed by atoms with Gasteiger partial charge in [-0.2, -0.15) is 0 Å². The molecule has 0 amide bonds. The minimum atomic E-state index is -0.173. The van der Waals surface area contributed by atoms with Crippen molar-refractivity contribution in [3.63, 3.8) is 0 Å². The molecule has 1 aliphatic rings. The van der Waals surface area contributed by atoms with E-state index in [0.29, 0.717) is 17.2 Å². The van der Waals surface area contributed by atoms with Crippen LogP contribution in [-0.4, -0.2) is 34.0 Å². The first-order valence-electron chi connectivity index (χ1n) is 6.75. The van der Waals surface area contributed by atoms with Gasteiger partial charge in [0.25, 0.3) is 0 Å². The standard InChI is InChI=1S/C15H21ClO4/c1-17-13-7-6-11(14(18-2)15(13)19-3)12(16)9-10-5-4-8-20-10/h6-7,10,12H,4-5,8-9H2,1-3H3. The third-order valence-electron chi connectivity index (χ3n) is 3.57. The Kier molecular flexibility index (Phi) is 5.38. The molecule has 0 aromatic heterocycles. The van der Waals surface area contributed by atoms with Gasteiger partial charge < -0.3 is 18.9 Å². The molecular weight excluding hydrogens is 280 g/mol. The van der Waals surface area contributed by atoms with E-state index in [4.69, 9.17) is 30.5 Å². The third kappa shape index (κ3) is 3.13. The maximum absolute atomic E-state index is 6.54. The summed E-state index contributed by atoms with van der Waals surface area (Å²) in [4.78, 5) is 0. The molecule has 1 aromatic carbocycles. The number of methoxy groups -OCH3 is 3. The van der Waals surface area contributed by atoms with Gasteiger partial charge in [0, 0.05) is 12.2 Å². The quantitative estimate of drug-likeness (QED) is 0.753. The Morgan fingerprint density at radius 3 is 2.50 bits per heavy atom. The number of hydrogen-bond donors (Lipinski definition) is 0. The van der Waals surface area contributed by atoms with Gasteiger partial charge in [-0.1, -0.05) is 0 Å². The van der Waals surface area contributed by atoms with E-state index in [9.17, 15) is 0 Å². The minimum Gasteiger partial charge on any atom is -0.493 e. The lowest BCUT2D eigenvalue weighted by Crippen LogP contribution is -2.09. The summed E-state index contributed by atoms with van der Waals surface area (Å²) >= 11 is 6.54. The first-order valence-corrected chi connectivity index (χ1v) is 7.19. The Morgan fingerprint density at radius 1 is 1.20 bits per heavy atom. The fraction of sp³-hybridized carbons (Fsp3) is 0.600. The van der Waals surface area contributed by atoms with Gasteiger partial charge >= 0.3 is 0 Å². The van der Waals surface area contributed by atoms with E-state index in [0.717, 1.165) is 31.4 Å². The molecule has 0 saturated carbocycles. The summed E-state index contributed by atoms with van der Waals surface area (Å²) in [5.41, 5.74) is 0.905. The monoisotopic (exact) mass is 300 g/mol. The lowest BCUT2D eigenvalue weighted by molar-refractivity contribution is 0.103. The lowest BCUT2D eigenvalue weighted by Gasteiger charge is -2.20. The number of benzene rings is 1. The fourth-order valence-corrected chi connectivity index (χ4v) is 2.93. The second-order valence-electron chi connectivity index (χ2n) is 4.76. The van der Waals surface area contributed by atoms with E-state index >= 15 is 0 Å². The second kappa shape index (κ2) is 7.04. The molecule has 1 aromatic rings. The molecule has 0 N–H and O–H groups in total. The normalized spacial score (nSPS) is 19.7. The highest BCUT2D eigenvalue weighted by Crippen LogP contribution is 2.45. The van der Waals surface area contributed by atoms with Crippen molar-refractivity contribution in [1.82, 2.24) is 0 Å².